The maximum absolute atomic E-state index is 12.3. The fraction of sp³-hybridized carbons (Fsp3) is 0.810. The Bertz CT molecular complexity index is 661. The number of ether oxygens (including phenoxy) is 2. The van der Waals surface area contributed by atoms with Crippen molar-refractivity contribution in [1.29, 1.82) is 0 Å². The van der Waals surface area contributed by atoms with Crippen molar-refractivity contribution in [3.05, 3.63) is 17.0 Å². The number of nitrogens with one attached hydrogen (secondary N) is 1. The van der Waals surface area contributed by atoms with Crippen LogP contribution in [-0.2, 0) is 40.4 Å². The lowest BCUT2D eigenvalue weighted by molar-refractivity contribution is -0.128. The first-order chi connectivity index (χ1) is 13.7. The summed E-state index contributed by atoms with van der Waals surface area (Å²) in [6.45, 7) is 9.93. The molecule has 0 atom stereocenters. The van der Waals surface area contributed by atoms with Gasteiger partial charge in [-0.15, -0.1) is 0 Å². The van der Waals surface area contributed by atoms with Gasteiger partial charge in [-0.25, -0.2) is 0 Å². The number of rotatable bonds is 6. The second-order valence-electron chi connectivity index (χ2n) is 8.34. The monoisotopic (exact) mass is 390 g/mol. The lowest BCUT2D eigenvalue weighted by Gasteiger charge is -2.32. The highest BCUT2D eigenvalue weighted by Gasteiger charge is 2.26. The minimum atomic E-state index is 0.149. The van der Waals surface area contributed by atoms with Crippen LogP contribution in [0.3, 0.4) is 0 Å². The minimum absolute atomic E-state index is 0.149. The molecule has 0 aliphatic carbocycles. The molecule has 1 amide bonds. The highest BCUT2D eigenvalue weighted by atomic mass is 16.5. The molecular weight excluding hydrogens is 356 g/mol. The summed E-state index contributed by atoms with van der Waals surface area (Å²) >= 11 is 0. The maximum atomic E-state index is 12.3. The van der Waals surface area contributed by atoms with Gasteiger partial charge in [0, 0.05) is 56.4 Å². The first-order valence-corrected chi connectivity index (χ1v) is 11.0. The van der Waals surface area contributed by atoms with E-state index in [1.807, 2.05) is 0 Å². The van der Waals surface area contributed by atoms with E-state index < -0.39 is 0 Å². The summed E-state index contributed by atoms with van der Waals surface area (Å²) in [5, 5.41) is 8.06. The first-order valence-electron chi connectivity index (χ1n) is 11.0. The quantitative estimate of drug-likeness (QED) is 0.801. The van der Waals surface area contributed by atoms with Gasteiger partial charge in [0.1, 0.15) is 0 Å². The van der Waals surface area contributed by atoms with Gasteiger partial charge < -0.3 is 14.8 Å². The second kappa shape index (κ2) is 9.37. The zero-order valence-corrected chi connectivity index (χ0v) is 17.1. The van der Waals surface area contributed by atoms with E-state index in [9.17, 15) is 4.79 Å². The molecule has 0 saturated carbocycles. The fourth-order valence-corrected chi connectivity index (χ4v) is 4.68. The van der Waals surface area contributed by atoms with E-state index in [0.29, 0.717) is 12.5 Å². The average molecular weight is 391 g/mol. The molecule has 0 spiro atoms. The van der Waals surface area contributed by atoms with Crippen LogP contribution in [0.4, 0.5) is 0 Å². The Morgan fingerprint density at radius 1 is 1.14 bits per heavy atom. The summed E-state index contributed by atoms with van der Waals surface area (Å²) in [6.07, 6.45) is 4.99. The normalized spacial score (nSPS) is 22.2. The molecule has 4 rings (SSSR count). The van der Waals surface area contributed by atoms with Crippen LogP contribution >= 0.6 is 0 Å². The van der Waals surface area contributed by atoms with Crippen LogP contribution in [0.15, 0.2) is 0 Å². The van der Waals surface area contributed by atoms with Crippen molar-refractivity contribution in [2.45, 2.75) is 58.7 Å². The third kappa shape index (κ3) is 4.58. The van der Waals surface area contributed by atoms with Gasteiger partial charge in [0.2, 0.25) is 5.91 Å². The molecular formula is C21H34N4O3. The van der Waals surface area contributed by atoms with Gasteiger partial charge in [-0.1, -0.05) is 0 Å². The molecule has 3 aliphatic heterocycles. The van der Waals surface area contributed by atoms with Crippen LogP contribution in [-0.4, -0.2) is 60.0 Å². The summed E-state index contributed by atoms with van der Waals surface area (Å²) in [5.74, 6) is 0.962. The number of fused-ring (bicyclic) bond motifs is 1. The summed E-state index contributed by atoms with van der Waals surface area (Å²) in [6, 6.07) is 0. The average Bonchev–Trinajstić information content (AvgIpc) is 3.11. The van der Waals surface area contributed by atoms with Gasteiger partial charge in [-0.3, -0.25) is 14.4 Å². The Morgan fingerprint density at radius 3 is 2.68 bits per heavy atom. The van der Waals surface area contributed by atoms with E-state index in [4.69, 9.17) is 14.6 Å². The number of nitrogens with zero attached hydrogens (tertiary/aromatic N) is 3. The second-order valence-corrected chi connectivity index (χ2v) is 8.34. The smallest absolute Gasteiger partial charge is 0.223 e. The van der Waals surface area contributed by atoms with Gasteiger partial charge in [0.15, 0.2) is 0 Å². The van der Waals surface area contributed by atoms with E-state index in [0.717, 1.165) is 84.6 Å². The number of carbonyl (C=O) groups excluding carboxylic acids is 1. The molecule has 7 nitrogen and oxygen atoms in total. The standard InChI is InChI=1S/C21H34N4O3/c1-2-25-20-7-12-28-15-18(20)19(23-25)14-24-8-3-16(4-9-24)13-22-21(26)17-5-10-27-11-6-17/h16-17H,2-15H2,1H3,(H,22,26). The molecule has 1 N–H and O–H groups in total. The molecule has 1 aromatic rings. The van der Waals surface area contributed by atoms with Crippen LogP contribution in [0.5, 0.6) is 0 Å². The van der Waals surface area contributed by atoms with E-state index >= 15 is 0 Å². The van der Waals surface area contributed by atoms with Crippen LogP contribution in [0, 0.1) is 11.8 Å². The molecule has 1 aromatic heterocycles. The number of hydrogen-bond donors (Lipinski definition) is 1. The van der Waals surface area contributed by atoms with E-state index in [-0.39, 0.29) is 11.8 Å². The highest BCUT2D eigenvalue weighted by molar-refractivity contribution is 5.78. The van der Waals surface area contributed by atoms with E-state index in [2.05, 4.69) is 21.8 Å². The van der Waals surface area contributed by atoms with Crippen LogP contribution < -0.4 is 5.32 Å². The summed E-state index contributed by atoms with van der Waals surface area (Å²) in [5.41, 5.74) is 3.89. The van der Waals surface area contributed by atoms with Crippen LogP contribution in [0.25, 0.3) is 0 Å². The Balaban J connectivity index is 1.23. The number of aryl methyl sites for hydroxylation is 1. The van der Waals surface area contributed by atoms with Gasteiger partial charge in [-0.05, 0) is 51.6 Å². The zero-order valence-electron chi connectivity index (χ0n) is 17.1. The predicted molar refractivity (Wildman–Crippen MR) is 106 cm³/mol. The van der Waals surface area contributed by atoms with Crippen LogP contribution in [0.2, 0.25) is 0 Å². The van der Waals surface area contributed by atoms with Crippen molar-refractivity contribution in [3.63, 3.8) is 0 Å². The third-order valence-corrected chi connectivity index (χ3v) is 6.52. The molecule has 0 radical (unpaired) electrons. The first kappa shape index (κ1) is 19.9. The molecule has 7 heteroatoms. The van der Waals surface area contributed by atoms with Crippen molar-refractivity contribution >= 4 is 5.91 Å². The number of carbonyl (C=O) groups is 1. The number of hydrogen-bond acceptors (Lipinski definition) is 5. The Morgan fingerprint density at radius 2 is 1.93 bits per heavy atom. The number of piperidine rings is 1. The van der Waals surface area contributed by atoms with Crippen molar-refractivity contribution in [2.75, 3.05) is 39.5 Å². The van der Waals surface area contributed by atoms with Crippen molar-refractivity contribution in [2.24, 2.45) is 11.8 Å². The number of amides is 1. The lowest BCUT2D eigenvalue weighted by atomic mass is 9.95. The van der Waals surface area contributed by atoms with Crippen molar-refractivity contribution < 1.29 is 14.3 Å². The molecule has 3 aliphatic rings. The molecule has 0 unspecified atom stereocenters. The van der Waals surface area contributed by atoms with Crippen molar-refractivity contribution in [1.82, 2.24) is 20.0 Å². The molecule has 156 valence electrons. The fourth-order valence-electron chi connectivity index (χ4n) is 4.68. The Hall–Kier alpha value is -1.44. The summed E-state index contributed by atoms with van der Waals surface area (Å²) in [4.78, 5) is 14.8. The third-order valence-electron chi connectivity index (χ3n) is 6.52. The van der Waals surface area contributed by atoms with Gasteiger partial charge in [0.25, 0.3) is 0 Å². The Kier molecular flexibility index (Phi) is 6.65. The predicted octanol–water partition coefficient (Wildman–Crippen LogP) is 1.73. The van der Waals surface area contributed by atoms with E-state index in [1.165, 1.54) is 17.0 Å². The van der Waals surface area contributed by atoms with Gasteiger partial charge >= 0.3 is 0 Å². The molecule has 4 heterocycles. The Labute approximate surface area is 167 Å². The minimum Gasteiger partial charge on any atom is -0.381 e. The largest absolute Gasteiger partial charge is 0.381 e. The van der Waals surface area contributed by atoms with Crippen molar-refractivity contribution in [3.8, 4) is 0 Å². The number of aromatic nitrogens is 2. The lowest BCUT2D eigenvalue weighted by Crippen LogP contribution is -2.41. The summed E-state index contributed by atoms with van der Waals surface area (Å²) < 4.78 is 13.2. The topological polar surface area (TPSA) is 68.6 Å². The molecule has 2 saturated heterocycles. The van der Waals surface area contributed by atoms with Crippen LogP contribution in [0.1, 0.15) is 49.6 Å². The van der Waals surface area contributed by atoms with Gasteiger partial charge in [0.05, 0.1) is 18.9 Å². The number of likely N-dealkylation sites (tertiary alicyclic amines) is 1. The molecule has 0 bridgehead atoms. The molecule has 28 heavy (non-hydrogen) atoms. The molecule has 0 aromatic carbocycles. The van der Waals surface area contributed by atoms with Gasteiger partial charge in [-0.2, -0.15) is 5.10 Å². The van der Waals surface area contributed by atoms with E-state index in [1.54, 1.807) is 0 Å². The maximum Gasteiger partial charge on any atom is 0.223 e. The SMILES string of the molecule is CCn1nc(CN2CCC(CNC(=O)C3CCOCC3)CC2)c2c1CCOC2. The summed E-state index contributed by atoms with van der Waals surface area (Å²) in [7, 11) is 0. The zero-order chi connectivity index (χ0) is 19.3. The molecule has 2 fully saturated rings. The highest BCUT2D eigenvalue weighted by Crippen LogP contribution is 2.24.